The third kappa shape index (κ3) is 6.06. The first-order valence-electron chi connectivity index (χ1n) is 3.42. The second-order valence-electron chi connectivity index (χ2n) is 2.28. The van der Waals surface area contributed by atoms with Gasteiger partial charge in [-0.2, -0.15) is 0 Å². The summed E-state index contributed by atoms with van der Waals surface area (Å²) < 4.78 is 24.7. The molecular weight excluding hydrogens is 180 g/mol. The second-order valence-corrected chi connectivity index (χ2v) is 3.29. The molecule has 70 valence electrons. The topological polar surface area (TPSA) is 66.4 Å². The molecule has 0 aliphatic carbocycles. The molecule has 0 spiro atoms. The monoisotopic (exact) mass is 191 g/mol. The van der Waals surface area contributed by atoms with Gasteiger partial charge in [-0.15, -0.1) is 0 Å². The number of ether oxygens (including phenoxy) is 1. The van der Waals surface area contributed by atoms with E-state index in [0.717, 1.165) is 0 Å². The van der Waals surface area contributed by atoms with Crippen molar-refractivity contribution >= 4 is 17.0 Å². The van der Waals surface area contributed by atoms with Crippen LogP contribution in [0.25, 0.3) is 0 Å². The van der Waals surface area contributed by atoms with Crippen LogP contribution in [0.4, 0.5) is 0 Å². The summed E-state index contributed by atoms with van der Waals surface area (Å²) >= 11 is -2.05. The molecule has 0 aliphatic rings. The number of rotatable bonds is 5. The molecule has 0 rings (SSSR count). The summed E-state index contributed by atoms with van der Waals surface area (Å²) in [6, 6.07) is 0. The molecule has 0 aromatic heterocycles. The second kappa shape index (κ2) is 5.91. The maximum Gasteiger partial charge on any atom is 0.333 e. The predicted octanol–water partition coefficient (Wildman–Crippen LogP) is 0.375. The number of carbonyl (C=O) groups excluding carboxylic acids is 1. The Morgan fingerprint density at radius 2 is 2.25 bits per heavy atom. The number of carbonyl (C=O) groups is 1. The highest BCUT2D eigenvalue weighted by Gasteiger charge is 2.01. The lowest BCUT2D eigenvalue weighted by Gasteiger charge is -2.05. The lowest BCUT2D eigenvalue weighted by molar-refractivity contribution is -0.138. The van der Waals surface area contributed by atoms with Crippen LogP contribution in [0.3, 0.4) is 0 Å². The van der Waals surface area contributed by atoms with Gasteiger partial charge in [-0.05, 0) is 13.3 Å². The van der Waals surface area contributed by atoms with E-state index in [0.29, 0.717) is 12.0 Å². The average Bonchev–Trinajstić information content (AvgIpc) is 1.97. The lowest BCUT2D eigenvalue weighted by Crippen LogP contribution is -2.08. The van der Waals surface area contributed by atoms with Crippen molar-refractivity contribution in [1.29, 1.82) is 0 Å². The Kier molecular flexibility index (Phi) is 5.57. The molecule has 12 heavy (non-hydrogen) atoms. The van der Waals surface area contributed by atoms with Gasteiger partial charge >= 0.3 is 5.97 Å². The maximum absolute atomic E-state index is 10.7. The minimum atomic E-state index is -2.05. The first-order valence-corrected chi connectivity index (χ1v) is 4.67. The Morgan fingerprint density at radius 3 is 2.67 bits per heavy atom. The van der Waals surface area contributed by atoms with E-state index >= 15 is 0 Å². The molecule has 0 aliphatic heterocycles. The molecule has 1 unspecified atom stereocenters. The zero-order valence-electron chi connectivity index (χ0n) is 6.87. The quantitative estimate of drug-likeness (QED) is 0.272. The molecule has 0 radical (unpaired) electrons. The normalized spacial score (nSPS) is 12.2. The highest BCUT2D eigenvalue weighted by atomic mass is 32.2. The summed E-state index contributed by atoms with van der Waals surface area (Å²) in [7, 11) is 0. The average molecular weight is 191 g/mol. The Balaban J connectivity index is 3.38. The van der Waals surface area contributed by atoms with E-state index in [1.54, 1.807) is 0 Å². The number of hydrogen-bond donors (Lipinski definition) is 0. The molecule has 0 heterocycles. The van der Waals surface area contributed by atoms with Gasteiger partial charge in [-0.25, -0.2) is 4.79 Å². The van der Waals surface area contributed by atoms with Crippen molar-refractivity contribution in [3.8, 4) is 0 Å². The fourth-order valence-electron chi connectivity index (χ4n) is 0.465. The molecule has 0 fully saturated rings. The lowest BCUT2D eigenvalue weighted by atomic mass is 10.4. The third-order valence-electron chi connectivity index (χ3n) is 1.04. The fourth-order valence-corrected chi connectivity index (χ4v) is 0.818. The minimum Gasteiger partial charge on any atom is -0.772 e. The largest absolute Gasteiger partial charge is 0.772 e. The Morgan fingerprint density at radius 1 is 1.67 bits per heavy atom. The Bertz CT molecular complexity index is 200. The van der Waals surface area contributed by atoms with Gasteiger partial charge < -0.3 is 9.29 Å². The summed E-state index contributed by atoms with van der Waals surface area (Å²) in [5.74, 6) is -0.463. The van der Waals surface area contributed by atoms with Gasteiger partial charge in [0.2, 0.25) is 0 Å². The summed E-state index contributed by atoms with van der Waals surface area (Å²) in [4.78, 5) is 10.7. The van der Waals surface area contributed by atoms with Crippen molar-refractivity contribution in [2.75, 3.05) is 12.4 Å². The van der Waals surface area contributed by atoms with E-state index in [1.807, 2.05) is 0 Å². The van der Waals surface area contributed by atoms with Crippen LogP contribution in [0.15, 0.2) is 12.2 Å². The van der Waals surface area contributed by atoms with Crippen LogP contribution in [-0.2, 0) is 20.6 Å². The van der Waals surface area contributed by atoms with Gasteiger partial charge in [0.15, 0.2) is 0 Å². The van der Waals surface area contributed by atoms with Gasteiger partial charge in [0.1, 0.15) is 0 Å². The summed E-state index contributed by atoms with van der Waals surface area (Å²) in [5.41, 5.74) is 0.318. The van der Waals surface area contributed by atoms with E-state index in [1.165, 1.54) is 6.92 Å². The first-order chi connectivity index (χ1) is 5.54. The van der Waals surface area contributed by atoms with Crippen LogP contribution in [0.5, 0.6) is 0 Å². The molecule has 0 N–H and O–H groups in total. The van der Waals surface area contributed by atoms with E-state index < -0.39 is 17.0 Å². The zero-order chi connectivity index (χ0) is 9.56. The Hall–Kier alpha value is -0.680. The highest BCUT2D eigenvalue weighted by Crippen LogP contribution is 1.93. The summed E-state index contributed by atoms with van der Waals surface area (Å²) in [5, 5.41) is 0. The van der Waals surface area contributed by atoms with Gasteiger partial charge in [0.25, 0.3) is 0 Å². The molecule has 0 aromatic carbocycles. The van der Waals surface area contributed by atoms with E-state index in [2.05, 4.69) is 11.3 Å². The Labute approximate surface area is 73.9 Å². The smallest absolute Gasteiger partial charge is 0.333 e. The van der Waals surface area contributed by atoms with Crippen LogP contribution in [0.1, 0.15) is 13.3 Å². The predicted molar refractivity (Wildman–Crippen MR) is 44.2 cm³/mol. The van der Waals surface area contributed by atoms with Crippen LogP contribution in [0, 0.1) is 0 Å². The van der Waals surface area contributed by atoms with Gasteiger partial charge in [-0.1, -0.05) is 17.7 Å². The van der Waals surface area contributed by atoms with E-state index in [9.17, 15) is 13.6 Å². The molecule has 0 bridgehead atoms. The molecule has 5 heteroatoms. The third-order valence-corrected chi connectivity index (χ3v) is 1.66. The minimum absolute atomic E-state index is 0.0173. The van der Waals surface area contributed by atoms with Crippen molar-refractivity contribution in [3.05, 3.63) is 12.2 Å². The molecule has 0 saturated carbocycles. The molecule has 0 amide bonds. The maximum atomic E-state index is 10.7. The SMILES string of the molecule is C=C(C)C(=O)OCCCS(=O)[O-]. The standard InChI is InChI=1S/C7H12O4S/c1-6(2)7(8)11-4-3-5-12(9)10/h1,3-5H2,2H3,(H,9,10)/p-1. The molecule has 0 saturated heterocycles. The number of esters is 1. The molecule has 1 atom stereocenters. The number of hydrogen-bond acceptors (Lipinski definition) is 4. The van der Waals surface area contributed by atoms with Crippen LogP contribution >= 0.6 is 0 Å². The molecular formula is C7H11O4S-. The van der Waals surface area contributed by atoms with Gasteiger partial charge in [-0.3, -0.25) is 4.21 Å². The van der Waals surface area contributed by atoms with Crippen molar-refractivity contribution in [3.63, 3.8) is 0 Å². The fraction of sp³-hybridized carbons (Fsp3) is 0.571. The van der Waals surface area contributed by atoms with Crippen LogP contribution in [-0.4, -0.2) is 27.1 Å². The molecule has 4 nitrogen and oxygen atoms in total. The van der Waals surface area contributed by atoms with Crippen molar-refractivity contribution in [2.24, 2.45) is 0 Å². The first kappa shape index (κ1) is 11.3. The van der Waals surface area contributed by atoms with Crippen molar-refractivity contribution in [1.82, 2.24) is 0 Å². The van der Waals surface area contributed by atoms with Gasteiger partial charge in [0.05, 0.1) is 6.61 Å². The van der Waals surface area contributed by atoms with Gasteiger partial charge in [0, 0.05) is 11.3 Å². The van der Waals surface area contributed by atoms with Crippen LogP contribution in [0.2, 0.25) is 0 Å². The van der Waals surface area contributed by atoms with Crippen molar-refractivity contribution < 1.29 is 18.3 Å². The van der Waals surface area contributed by atoms with Crippen molar-refractivity contribution in [2.45, 2.75) is 13.3 Å². The molecule has 0 aromatic rings. The van der Waals surface area contributed by atoms with E-state index in [4.69, 9.17) is 0 Å². The zero-order valence-corrected chi connectivity index (χ0v) is 7.69. The summed E-state index contributed by atoms with van der Waals surface area (Å²) in [6.07, 6.45) is 0.329. The summed E-state index contributed by atoms with van der Waals surface area (Å²) in [6.45, 7) is 5.03. The highest BCUT2D eigenvalue weighted by molar-refractivity contribution is 7.79. The van der Waals surface area contributed by atoms with E-state index in [-0.39, 0.29) is 12.4 Å². The van der Waals surface area contributed by atoms with Crippen LogP contribution < -0.4 is 0 Å².